The lowest BCUT2D eigenvalue weighted by molar-refractivity contribution is -0.117. The van der Waals surface area contributed by atoms with Crippen molar-refractivity contribution in [2.45, 2.75) is 19.4 Å². The predicted molar refractivity (Wildman–Crippen MR) is 78.7 cm³/mol. The zero-order valence-corrected chi connectivity index (χ0v) is 11.9. The predicted octanol–water partition coefficient (Wildman–Crippen LogP) is 3.67. The maximum atomic E-state index is 13.5. The van der Waals surface area contributed by atoms with Crippen molar-refractivity contribution in [1.29, 1.82) is 0 Å². The number of carbonyl (C=O) groups excluding carboxylic acids is 1. The molecule has 1 aliphatic rings. The lowest BCUT2D eigenvalue weighted by atomic mass is 10.2. The van der Waals surface area contributed by atoms with E-state index in [1.54, 1.807) is 29.2 Å². The van der Waals surface area contributed by atoms with Crippen molar-refractivity contribution in [3.8, 4) is 5.75 Å². The molecule has 3 nitrogen and oxygen atoms in total. The summed E-state index contributed by atoms with van der Waals surface area (Å²) in [7, 11) is 0. The lowest BCUT2D eigenvalue weighted by Crippen LogP contribution is -2.23. The highest BCUT2D eigenvalue weighted by Gasteiger charge is 2.21. The molecule has 1 aliphatic heterocycles. The van der Waals surface area contributed by atoms with Crippen LogP contribution in [0.25, 0.3) is 0 Å². The molecule has 0 aliphatic carbocycles. The van der Waals surface area contributed by atoms with Crippen LogP contribution in [0, 0.1) is 11.6 Å². The fourth-order valence-corrected chi connectivity index (χ4v) is 2.46. The van der Waals surface area contributed by atoms with Crippen LogP contribution in [0.1, 0.15) is 18.4 Å². The van der Waals surface area contributed by atoms with Crippen LogP contribution in [0.4, 0.5) is 14.5 Å². The summed E-state index contributed by atoms with van der Waals surface area (Å²) in [4.78, 5) is 13.4. The van der Waals surface area contributed by atoms with Crippen molar-refractivity contribution in [3.05, 3.63) is 59.7 Å². The molecule has 1 fully saturated rings. The maximum absolute atomic E-state index is 13.5. The molecule has 5 heteroatoms. The number of carbonyl (C=O) groups is 1. The lowest BCUT2D eigenvalue weighted by Gasteiger charge is -2.16. The van der Waals surface area contributed by atoms with Crippen molar-refractivity contribution in [3.63, 3.8) is 0 Å². The zero-order chi connectivity index (χ0) is 15.5. The molecule has 1 saturated heterocycles. The summed E-state index contributed by atoms with van der Waals surface area (Å²) < 4.78 is 32.0. The van der Waals surface area contributed by atoms with Crippen LogP contribution >= 0.6 is 0 Å². The summed E-state index contributed by atoms with van der Waals surface area (Å²) in [6.45, 7) is 0.680. The van der Waals surface area contributed by atoms with Gasteiger partial charge in [0, 0.05) is 24.2 Å². The number of rotatable bonds is 4. The van der Waals surface area contributed by atoms with Crippen molar-refractivity contribution < 1.29 is 18.3 Å². The van der Waals surface area contributed by atoms with Gasteiger partial charge in [0.15, 0.2) is 0 Å². The zero-order valence-electron chi connectivity index (χ0n) is 11.9. The standard InChI is InChI=1S/C17H15F2NO2/c18-13-3-8-16(19)12(10-13)11-22-15-6-4-14(5-7-15)20-9-1-2-17(20)21/h3-8,10H,1-2,9,11H2. The first kappa shape index (κ1) is 14.5. The molecule has 3 rings (SSSR count). The summed E-state index contributed by atoms with van der Waals surface area (Å²) in [6, 6.07) is 10.3. The van der Waals surface area contributed by atoms with Crippen LogP contribution in [0.5, 0.6) is 5.75 Å². The van der Waals surface area contributed by atoms with E-state index in [9.17, 15) is 13.6 Å². The molecule has 114 valence electrons. The van der Waals surface area contributed by atoms with E-state index >= 15 is 0 Å². The van der Waals surface area contributed by atoms with Crippen molar-refractivity contribution >= 4 is 11.6 Å². The van der Waals surface area contributed by atoms with E-state index < -0.39 is 11.6 Å². The van der Waals surface area contributed by atoms with E-state index in [2.05, 4.69) is 0 Å². The second-order valence-electron chi connectivity index (χ2n) is 5.17. The summed E-state index contributed by atoms with van der Waals surface area (Å²) in [5.74, 6) is -0.335. The Kier molecular flexibility index (Phi) is 4.04. The van der Waals surface area contributed by atoms with Gasteiger partial charge in [-0.05, 0) is 48.9 Å². The van der Waals surface area contributed by atoms with E-state index in [1.165, 1.54) is 0 Å². The van der Waals surface area contributed by atoms with Gasteiger partial charge in [-0.25, -0.2) is 8.78 Å². The average Bonchev–Trinajstić information content (AvgIpc) is 2.95. The Morgan fingerprint density at radius 1 is 1.09 bits per heavy atom. The van der Waals surface area contributed by atoms with Gasteiger partial charge in [-0.2, -0.15) is 0 Å². The highest BCUT2D eigenvalue weighted by atomic mass is 19.1. The average molecular weight is 303 g/mol. The van der Waals surface area contributed by atoms with Gasteiger partial charge in [0.25, 0.3) is 0 Å². The van der Waals surface area contributed by atoms with Crippen LogP contribution in [-0.2, 0) is 11.4 Å². The summed E-state index contributed by atoms with van der Waals surface area (Å²) in [6.07, 6.45) is 1.45. The van der Waals surface area contributed by atoms with E-state index in [1.807, 2.05) is 0 Å². The highest BCUT2D eigenvalue weighted by Crippen LogP contribution is 2.24. The highest BCUT2D eigenvalue weighted by molar-refractivity contribution is 5.95. The fraction of sp³-hybridized carbons (Fsp3) is 0.235. The Labute approximate surface area is 127 Å². The second kappa shape index (κ2) is 6.13. The van der Waals surface area contributed by atoms with Gasteiger partial charge >= 0.3 is 0 Å². The molecule has 0 saturated carbocycles. The number of benzene rings is 2. The van der Waals surface area contributed by atoms with Gasteiger partial charge in [-0.3, -0.25) is 4.79 Å². The fourth-order valence-electron chi connectivity index (χ4n) is 2.46. The van der Waals surface area contributed by atoms with Gasteiger partial charge in [0.1, 0.15) is 24.0 Å². The normalized spacial score (nSPS) is 14.5. The van der Waals surface area contributed by atoms with Gasteiger partial charge in [0.05, 0.1) is 0 Å². The summed E-state index contributed by atoms with van der Waals surface area (Å²) >= 11 is 0. The third kappa shape index (κ3) is 3.08. The second-order valence-corrected chi connectivity index (χ2v) is 5.17. The minimum Gasteiger partial charge on any atom is -0.489 e. The Morgan fingerprint density at radius 3 is 2.55 bits per heavy atom. The molecule has 0 N–H and O–H groups in total. The molecule has 0 radical (unpaired) electrons. The Morgan fingerprint density at radius 2 is 1.86 bits per heavy atom. The van der Waals surface area contributed by atoms with Crippen molar-refractivity contribution in [1.82, 2.24) is 0 Å². The Hall–Kier alpha value is -2.43. The third-order valence-corrected chi connectivity index (χ3v) is 3.62. The van der Waals surface area contributed by atoms with Crippen molar-refractivity contribution in [2.75, 3.05) is 11.4 Å². The first-order valence-corrected chi connectivity index (χ1v) is 7.10. The molecular weight excluding hydrogens is 288 g/mol. The minimum atomic E-state index is -0.499. The van der Waals surface area contributed by atoms with E-state index in [-0.39, 0.29) is 18.1 Å². The molecule has 0 aromatic heterocycles. The Bertz CT molecular complexity index is 686. The molecule has 0 atom stereocenters. The van der Waals surface area contributed by atoms with Crippen LogP contribution < -0.4 is 9.64 Å². The smallest absolute Gasteiger partial charge is 0.227 e. The van der Waals surface area contributed by atoms with Gasteiger partial charge < -0.3 is 9.64 Å². The van der Waals surface area contributed by atoms with Crippen LogP contribution in [0.15, 0.2) is 42.5 Å². The SMILES string of the molecule is O=C1CCCN1c1ccc(OCc2cc(F)ccc2F)cc1. The number of amides is 1. The third-order valence-electron chi connectivity index (χ3n) is 3.62. The number of hydrogen-bond donors (Lipinski definition) is 0. The maximum Gasteiger partial charge on any atom is 0.227 e. The number of anilines is 1. The molecule has 0 bridgehead atoms. The van der Waals surface area contributed by atoms with Crippen LogP contribution in [-0.4, -0.2) is 12.5 Å². The Balaban J connectivity index is 1.66. The first-order chi connectivity index (χ1) is 10.6. The minimum absolute atomic E-state index is 0.0500. The monoisotopic (exact) mass is 303 g/mol. The first-order valence-electron chi connectivity index (χ1n) is 7.10. The molecule has 2 aromatic rings. The molecular formula is C17H15F2NO2. The van der Waals surface area contributed by atoms with E-state index in [4.69, 9.17) is 4.74 Å². The molecule has 2 aromatic carbocycles. The van der Waals surface area contributed by atoms with Crippen molar-refractivity contribution in [2.24, 2.45) is 0 Å². The molecule has 1 amide bonds. The molecule has 1 heterocycles. The van der Waals surface area contributed by atoms with Gasteiger partial charge in [0.2, 0.25) is 5.91 Å². The topological polar surface area (TPSA) is 29.5 Å². The number of nitrogens with zero attached hydrogens (tertiary/aromatic N) is 1. The van der Waals surface area contributed by atoms with Gasteiger partial charge in [-0.15, -0.1) is 0 Å². The number of hydrogen-bond acceptors (Lipinski definition) is 2. The molecule has 0 unspecified atom stereocenters. The van der Waals surface area contributed by atoms with Crippen LogP contribution in [0.3, 0.4) is 0 Å². The number of ether oxygens (including phenoxy) is 1. The summed E-state index contributed by atoms with van der Waals surface area (Å²) in [5, 5.41) is 0. The summed E-state index contributed by atoms with van der Waals surface area (Å²) in [5.41, 5.74) is 0.991. The molecule has 0 spiro atoms. The quantitative estimate of drug-likeness (QED) is 0.862. The number of halogens is 2. The van der Waals surface area contributed by atoms with Gasteiger partial charge in [-0.1, -0.05) is 0 Å². The van der Waals surface area contributed by atoms with E-state index in [0.29, 0.717) is 12.2 Å². The molecule has 22 heavy (non-hydrogen) atoms. The van der Waals surface area contributed by atoms with Crippen LogP contribution in [0.2, 0.25) is 0 Å². The largest absolute Gasteiger partial charge is 0.489 e. The van der Waals surface area contributed by atoms with E-state index in [0.717, 1.165) is 36.9 Å².